The van der Waals surface area contributed by atoms with E-state index < -0.39 is 30.1 Å². The molecule has 2 atom stereocenters. The van der Waals surface area contributed by atoms with Crippen LogP contribution in [-0.4, -0.2) is 34.7 Å². The second-order valence-corrected chi connectivity index (χ2v) is 4.12. The Morgan fingerprint density at radius 2 is 1.94 bits per heavy atom. The van der Waals surface area contributed by atoms with Crippen LogP contribution >= 0.6 is 0 Å². The molecule has 1 aromatic rings. The van der Waals surface area contributed by atoms with Gasteiger partial charge < -0.3 is 21.3 Å². The quantitative estimate of drug-likeness (QED) is 0.560. The van der Waals surface area contributed by atoms with Crippen LogP contribution in [0.4, 0.5) is 0 Å². The number of benzene rings is 1. The lowest BCUT2D eigenvalue weighted by Gasteiger charge is -2.25. The van der Waals surface area contributed by atoms with Gasteiger partial charge in [-0.3, -0.25) is 4.79 Å². The van der Waals surface area contributed by atoms with Gasteiger partial charge in [0, 0.05) is 0 Å². The standard InChI is InChI=1S/C12H16N2O4/c1-12(13,8-5-3-2-4-6-8)11(18)14-9(7-15)10(16)17/h2-6,9,15H,7,13H2,1H3,(H,14,18)(H,16,17)/t9-,12?/m1/s1. The fraction of sp³-hybridized carbons (Fsp3) is 0.333. The van der Waals surface area contributed by atoms with Crippen LogP contribution in [0.5, 0.6) is 0 Å². The van der Waals surface area contributed by atoms with Crippen molar-refractivity contribution in [2.45, 2.75) is 18.5 Å². The number of rotatable bonds is 5. The van der Waals surface area contributed by atoms with Gasteiger partial charge in [0.1, 0.15) is 11.6 Å². The predicted molar refractivity (Wildman–Crippen MR) is 64.6 cm³/mol. The third-order valence-electron chi connectivity index (χ3n) is 2.63. The Morgan fingerprint density at radius 3 is 2.39 bits per heavy atom. The van der Waals surface area contributed by atoms with E-state index in [2.05, 4.69) is 5.32 Å². The molecular weight excluding hydrogens is 236 g/mol. The molecule has 6 heteroatoms. The minimum absolute atomic E-state index is 0.560. The van der Waals surface area contributed by atoms with Gasteiger partial charge in [-0.05, 0) is 12.5 Å². The molecule has 0 aliphatic heterocycles. The molecule has 1 aromatic carbocycles. The molecule has 0 fully saturated rings. The number of carbonyl (C=O) groups is 2. The number of carboxylic acids is 1. The highest BCUT2D eigenvalue weighted by Gasteiger charge is 2.33. The lowest BCUT2D eigenvalue weighted by molar-refractivity contribution is -0.143. The lowest BCUT2D eigenvalue weighted by Crippen LogP contribution is -2.54. The number of hydrogen-bond donors (Lipinski definition) is 4. The topological polar surface area (TPSA) is 113 Å². The van der Waals surface area contributed by atoms with Gasteiger partial charge in [-0.25, -0.2) is 4.79 Å². The van der Waals surface area contributed by atoms with Crippen molar-refractivity contribution in [3.05, 3.63) is 35.9 Å². The Morgan fingerprint density at radius 1 is 1.39 bits per heavy atom. The number of nitrogens with two attached hydrogens (primary N) is 1. The summed E-state index contributed by atoms with van der Waals surface area (Å²) >= 11 is 0. The first kappa shape index (κ1) is 14.1. The van der Waals surface area contributed by atoms with E-state index in [1.807, 2.05) is 0 Å². The Bertz CT molecular complexity index is 431. The Kier molecular flexibility index (Phi) is 4.41. The summed E-state index contributed by atoms with van der Waals surface area (Å²) in [6.45, 7) is 0.792. The monoisotopic (exact) mass is 252 g/mol. The van der Waals surface area contributed by atoms with Crippen molar-refractivity contribution in [2.24, 2.45) is 5.73 Å². The summed E-state index contributed by atoms with van der Waals surface area (Å²) in [6, 6.07) is 7.24. The van der Waals surface area contributed by atoms with E-state index in [1.165, 1.54) is 6.92 Å². The average molecular weight is 252 g/mol. The molecular formula is C12H16N2O4. The molecule has 18 heavy (non-hydrogen) atoms. The molecule has 0 spiro atoms. The van der Waals surface area contributed by atoms with Crippen LogP contribution in [0.3, 0.4) is 0 Å². The minimum atomic E-state index is -1.36. The normalized spacial score (nSPS) is 15.5. The zero-order valence-electron chi connectivity index (χ0n) is 9.96. The van der Waals surface area contributed by atoms with Crippen LogP contribution in [0.2, 0.25) is 0 Å². The van der Waals surface area contributed by atoms with Crippen molar-refractivity contribution < 1.29 is 19.8 Å². The number of aliphatic hydroxyl groups excluding tert-OH is 1. The third kappa shape index (κ3) is 3.06. The molecule has 1 amide bonds. The van der Waals surface area contributed by atoms with E-state index in [1.54, 1.807) is 30.3 Å². The molecule has 0 aliphatic carbocycles. The summed E-state index contributed by atoms with van der Waals surface area (Å²) in [7, 11) is 0. The van der Waals surface area contributed by atoms with Gasteiger partial charge in [0.25, 0.3) is 0 Å². The van der Waals surface area contributed by atoms with Gasteiger partial charge >= 0.3 is 5.97 Å². The van der Waals surface area contributed by atoms with E-state index in [9.17, 15) is 9.59 Å². The van der Waals surface area contributed by atoms with Crippen LogP contribution in [0.1, 0.15) is 12.5 Å². The van der Waals surface area contributed by atoms with Gasteiger partial charge in [-0.2, -0.15) is 0 Å². The SMILES string of the molecule is CC(N)(C(=O)N[C@H](CO)C(=O)O)c1ccccc1. The van der Waals surface area contributed by atoms with Crippen LogP contribution in [-0.2, 0) is 15.1 Å². The molecule has 0 radical (unpaired) electrons. The largest absolute Gasteiger partial charge is 0.480 e. The summed E-state index contributed by atoms with van der Waals surface area (Å²) in [5.41, 5.74) is 5.10. The third-order valence-corrected chi connectivity index (χ3v) is 2.63. The van der Waals surface area contributed by atoms with Gasteiger partial charge in [-0.15, -0.1) is 0 Å². The van der Waals surface area contributed by atoms with Crippen molar-refractivity contribution in [1.29, 1.82) is 0 Å². The molecule has 0 saturated carbocycles. The number of carboxylic acid groups (broad SMARTS) is 1. The highest BCUT2D eigenvalue weighted by molar-refractivity contribution is 5.90. The Labute approximate surface area is 104 Å². The minimum Gasteiger partial charge on any atom is -0.480 e. The van der Waals surface area contributed by atoms with Crippen LogP contribution < -0.4 is 11.1 Å². The van der Waals surface area contributed by atoms with Gasteiger partial charge in [0.15, 0.2) is 0 Å². The molecule has 0 heterocycles. The van der Waals surface area contributed by atoms with Gasteiger partial charge in [0.2, 0.25) is 5.91 Å². The van der Waals surface area contributed by atoms with Crippen molar-refractivity contribution in [3.8, 4) is 0 Å². The maximum absolute atomic E-state index is 11.9. The number of nitrogens with one attached hydrogen (secondary N) is 1. The van der Waals surface area contributed by atoms with Crippen LogP contribution in [0.15, 0.2) is 30.3 Å². The molecule has 5 N–H and O–H groups in total. The summed E-state index contributed by atoms with van der Waals surface area (Å²) in [5, 5.41) is 19.8. The molecule has 0 aliphatic rings. The first-order valence-electron chi connectivity index (χ1n) is 5.38. The summed E-state index contributed by atoms with van der Waals surface area (Å²) in [6.07, 6.45) is 0. The van der Waals surface area contributed by atoms with E-state index in [0.717, 1.165) is 0 Å². The summed E-state index contributed by atoms with van der Waals surface area (Å²) < 4.78 is 0. The van der Waals surface area contributed by atoms with Crippen molar-refractivity contribution >= 4 is 11.9 Å². The average Bonchev–Trinajstić information content (AvgIpc) is 2.36. The van der Waals surface area contributed by atoms with Crippen molar-refractivity contribution in [2.75, 3.05) is 6.61 Å². The Hall–Kier alpha value is -1.92. The first-order valence-corrected chi connectivity index (χ1v) is 5.38. The molecule has 0 bridgehead atoms. The molecule has 1 rings (SSSR count). The van der Waals surface area contributed by atoms with E-state index in [-0.39, 0.29) is 0 Å². The fourth-order valence-electron chi connectivity index (χ4n) is 1.41. The highest BCUT2D eigenvalue weighted by Crippen LogP contribution is 2.17. The second kappa shape index (κ2) is 5.61. The maximum Gasteiger partial charge on any atom is 0.328 e. The molecule has 0 aromatic heterocycles. The number of amides is 1. The molecule has 6 nitrogen and oxygen atoms in total. The zero-order chi connectivity index (χ0) is 13.8. The summed E-state index contributed by atoms with van der Waals surface area (Å²) in [4.78, 5) is 22.6. The number of aliphatic hydroxyl groups is 1. The molecule has 98 valence electrons. The number of hydrogen-bond acceptors (Lipinski definition) is 4. The van der Waals surface area contributed by atoms with Crippen molar-refractivity contribution in [3.63, 3.8) is 0 Å². The van der Waals surface area contributed by atoms with Crippen molar-refractivity contribution in [1.82, 2.24) is 5.32 Å². The van der Waals surface area contributed by atoms with Gasteiger partial charge in [-0.1, -0.05) is 30.3 Å². The van der Waals surface area contributed by atoms with Gasteiger partial charge in [0.05, 0.1) is 6.61 Å². The highest BCUT2D eigenvalue weighted by atomic mass is 16.4. The Balaban J connectivity index is 2.86. The smallest absolute Gasteiger partial charge is 0.328 e. The lowest BCUT2D eigenvalue weighted by atomic mass is 9.92. The first-order chi connectivity index (χ1) is 8.39. The van der Waals surface area contributed by atoms with Crippen LogP contribution in [0.25, 0.3) is 0 Å². The second-order valence-electron chi connectivity index (χ2n) is 4.12. The zero-order valence-corrected chi connectivity index (χ0v) is 9.96. The van der Waals surface area contributed by atoms with E-state index >= 15 is 0 Å². The van der Waals surface area contributed by atoms with E-state index in [0.29, 0.717) is 5.56 Å². The maximum atomic E-state index is 11.9. The predicted octanol–water partition coefficient (Wildman–Crippen LogP) is -0.578. The van der Waals surface area contributed by atoms with E-state index in [4.69, 9.17) is 15.9 Å². The molecule has 1 unspecified atom stereocenters. The van der Waals surface area contributed by atoms with Crippen LogP contribution in [0, 0.1) is 0 Å². The number of carbonyl (C=O) groups excluding carboxylic acids is 1. The summed E-state index contributed by atoms with van der Waals surface area (Å²) in [5.74, 6) is -1.97. The molecule has 0 saturated heterocycles. The number of aliphatic carboxylic acids is 1. The fourth-order valence-corrected chi connectivity index (χ4v) is 1.41.